The maximum Gasteiger partial charge on any atom is 0.262 e. The third kappa shape index (κ3) is 3.80. The zero-order valence-electron chi connectivity index (χ0n) is 11.4. The smallest absolute Gasteiger partial charge is 0.262 e. The number of benzene rings is 2. The molecule has 0 spiro atoms. The van der Waals surface area contributed by atoms with E-state index in [2.05, 4.69) is 5.32 Å². The summed E-state index contributed by atoms with van der Waals surface area (Å²) in [6, 6.07) is 12.7. The van der Waals surface area contributed by atoms with Crippen LogP contribution in [0.25, 0.3) is 0 Å². The number of aryl methyl sites for hydroxylation is 1. The van der Waals surface area contributed by atoms with Crippen LogP contribution < -0.4 is 10.1 Å². The summed E-state index contributed by atoms with van der Waals surface area (Å²) in [5.41, 5.74) is 1.52. The topological polar surface area (TPSA) is 62.1 Å². The second-order valence-electron chi connectivity index (χ2n) is 4.40. The van der Waals surface area contributed by atoms with Gasteiger partial charge in [0.2, 0.25) is 0 Å². The molecule has 0 aliphatic heterocycles. The van der Waals surface area contributed by atoms with Crippen LogP contribution in [0.3, 0.4) is 0 Å². The van der Waals surface area contributed by atoms with E-state index in [-0.39, 0.29) is 18.3 Å². The van der Waals surface area contributed by atoms with Crippen molar-refractivity contribution in [3.05, 3.63) is 59.4 Å². The normalized spacial score (nSPS) is 9.76. The van der Waals surface area contributed by atoms with E-state index in [0.29, 0.717) is 22.6 Å². The first-order valence-corrected chi connectivity index (χ1v) is 6.28. The molecule has 1 N–H and O–H groups in total. The zero-order chi connectivity index (χ0) is 15.2. The number of amides is 1. The second-order valence-corrected chi connectivity index (χ2v) is 4.40. The number of nitrogens with zero attached hydrogens (tertiary/aromatic N) is 1. The van der Waals surface area contributed by atoms with Crippen LogP contribution >= 0.6 is 0 Å². The number of rotatable bonds is 4. The van der Waals surface area contributed by atoms with Gasteiger partial charge in [-0.3, -0.25) is 4.79 Å². The number of carbonyl (C=O) groups excluding carboxylic acids is 1. The van der Waals surface area contributed by atoms with Crippen LogP contribution in [0.4, 0.5) is 10.1 Å². The summed E-state index contributed by atoms with van der Waals surface area (Å²) >= 11 is 0. The fourth-order valence-electron chi connectivity index (χ4n) is 1.78. The molecule has 0 radical (unpaired) electrons. The minimum Gasteiger partial charge on any atom is -0.482 e. The van der Waals surface area contributed by atoms with Gasteiger partial charge >= 0.3 is 0 Å². The highest BCUT2D eigenvalue weighted by molar-refractivity contribution is 5.92. The van der Waals surface area contributed by atoms with Gasteiger partial charge in [-0.15, -0.1) is 0 Å². The SMILES string of the molecule is Cc1cc(F)ccc1NC(=O)COc1ccccc1C#N. The molecule has 0 saturated carbocycles. The summed E-state index contributed by atoms with van der Waals surface area (Å²) in [4.78, 5) is 11.8. The standard InChI is InChI=1S/C16H13FN2O2/c1-11-8-13(17)6-7-14(11)19-16(20)10-21-15-5-3-2-4-12(15)9-18/h2-8H,10H2,1H3,(H,19,20). The predicted molar refractivity (Wildman–Crippen MR) is 76.4 cm³/mol. The van der Waals surface area contributed by atoms with Gasteiger partial charge < -0.3 is 10.1 Å². The summed E-state index contributed by atoms with van der Waals surface area (Å²) in [6.45, 7) is 1.47. The van der Waals surface area contributed by atoms with E-state index in [1.807, 2.05) is 6.07 Å². The van der Waals surface area contributed by atoms with Crippen LogP contribution in [0, 0.1) is 24.1 Å². The molecular weight excluding hydrogens is 271 g/mol. The lowest BCUT2D eigenvalue weighted by molar-refractivity contribution is -0.118. The van der Waals surface area contributed by atoms with Gasteiger partial charge in [-0.2, -0.15) is 5.26 Å². The number of halogens is 1. The Morgan fingerprint density at radius 1 is 1.33 bits per heavy atom. The number of nitriles is 1. The number of anilines is 1. The molecule has 5 heteroatoms. The maximum atomic E-state index is 13.0. The van der Waals surface area contributed by atoms with Gasteiger partial charge in [0.15, 0.2) is 6.61 Å². The molecule has 0 heterocycles. The average Bonchev–Trinajstić information content (AvgIpc) is 2.48. The summed E-state index contributed by atoms with van der Waals surface area (Å²) in [7, 11) is 0. The highest BCUT2D eigenvalue weighted by atomic mass is 19.1. The third-order valence-corrected chi connectivity index (χ3v) is 2.83. The summed E-state index contributed by atoms with van der Waals surface area (Å²) < 4.78 is 18.3. The van der Waals surface area contributed by atoms with Gasteiger partial charge in [-0.05, 0) is 42.8 Å². The lowest BCUT2D eigenvalue weighted by Gasteiger charge is -2.10. The highest BCUT2D eigenvalue weighted by Gasteiger charge is 2.08. The first-order valence-electron chi connectivity index (χ1n) is 6.28. The Balaban J connectivity index is 1.98. The van der Waals surface area contributed by atoms with Gasteiger partial charge in [-0.1, -0.05) is 12.1 Å². The molecule has 0 bridgehead atoms. The molecule has 0 unspecified atom stereocenters. The Bertz CT molecular complexity index is 708. The number of para-hydroxylation sites is 1. The highest BCUT2D eigenvalue weighted by Crippen LogP contribution is 2.18. The van der Waals surface area contributed by atoms with Crippen molar-refractivity contribution < 1.29 is 13.9 Å². The Kier molecular flexibility index (Phi) is 4.52. The minimum atomic E-state index is -0.377. The van der Waals surface area contributed by atoms with Crippen LogP contribution in [0.15, 0.2) is 42.5 Å². The molecular formula is C16H13FN2O2. The fraction of sp³-hybridized carbons (Fsp3) is 0.125. The van der Waals surface area contributed by atoms with Crippen LogP contribution in [-0.4, -0.2) is 12.5 Å². The third-order valence-electron chi connectivity index (χ3n) is 2.83. The van der Waals surface area contributed by atoms with Crippen LogP contribution in [0.1, 0.15) is 11.1 Å². The van der Waals surface area contributed by atoms with Crippen molar-refractivity contribution in [2.75, 3.05) is 11.9 Å². The molecule has 21 heavy (non-hydrogen) atoms. The Hall–Kier alpha value is -2.87. The number of hydrogen-bond donors (Lipinski definition) is 1. The van der Waals surface area contributed by atoms with E-state index in [0.717, 1.165) is 0 Å². The lowest BCUT2D eigenvalue weighted by atomic mass is 10.2. The molecule has 0 fully saturated rings. The quantitative estimate of drug-likeness (QED) is 0.938. The van der Waals surface area contributed by atoms with Gasteiger partial charge in [0, 0.05) is 5.69 Å². The van der Waals surface area contributed by atoms with E-state index in [4.69, 9.17) is 10.00 Å². The number of nitrogens with one attached hydrogen (secondary N) is 1. The van der Waals surface area contributed by atoms with Gasteiger partial charge in [0.05, 0.1) is 5.56 Å². The van der Waals surface area contributed by atoms with Crippen LogP contribution in [-0.2, 0) is 4.79 Å². The van der Waals surface area contributed by atoms with E-state index < -0.39 is 0 Å². The molecule has 4 nitrogen and oxygen atoms in total. The van der Waals surface area contributed by atoms with Crippen molar-refractivity contribution >= 4 is 11.6 Å². The van der Waals surface area contributed by atoms with Crippen molar-refractivity contribution in [2.45, 2.75) is 6.92 Å². The minimum absolute atomic E-state index is 0.227. The summed E-state index contributed by atoms with van der Waals surface area (Å²) in [6.07, 6.45) is 0. The molecule has 2 rings (SSSR count). The van der Waals surface area contributed by atoms with Crippen molar-refractivity contribution in [1.29, 1.82) is 5.26 Å². The molecule has 0 aliphatic carbocycles. The Morgan fingerprint density at radius 3 is 2.81 bits per heavy atom. The average molecular weight is 284 g/mol. The Labute approximate surface area is 121 Å². The van der Waals surface area contributed by atoms with Crippen LogP contribution in [0.2, 0.25) is 0 Å². The molecule has 0 atom stereocenters. The lowest BCUT2D eigenvalue weighted by Crippen LogP contribution is -2.21. The van der Waals surface area contributed by atoms with E-state index in [1.165, 1.54) is 18.2 Å². The number of carbonyl (C=O) groups is 1. The van der Waals surface area contributed by atoms with Crippen molar-refractivity contribution in [1.82, 2.24) is 0 Å². The van der Waals surface area contributed by atoms with Crippen molar-refractivity contribution in [2.24, 2.45) is 0 Å². The molecule has 2 aromatic rings. The van der Waals surface area contributed by atoms with Crippen molar-refractivity contribution in [3.8, 4) is 11.8 Å². The van der Waals surface area contributed by atoms with Gasteiger partial charge in [0.1, 0.15) is 17.6 Å². The number of hydrogen-bond acceptors (Lipinski definition) is 3. The predicted octanol–water partition coefficient (Wildman–Crippen LogP) is 3.02. The summed E-state index contributed by atoms with van der Waals surface area (Å²) in [5, 5.41) is 11.5. The van der Waals surface area contributed by atoms with Crippen LogP contribution in [0.5, 0.6) is 5.75 Å². The summed E-state index contributed by atoms with van der Waals surface area (Å²) in [5.74, 6) is -0.381. The van der Waals surface area contributed by atoms with E-state index in [1.54, 1.807) is 31.2 Å². The molecule has 106 valence electrons. The Morgan fingerprint density at radius 2 is 2.10 bits per heavy atom. The molecule has 1 amide bonds. The van der Waals surface area contributed by atoms with E-state index >= 15 is 0 Å². The largest absolute Gasteiger partial charge is 0.482 e. The maximum absolute atomic E-state index is 13.0. The van der Waals surface area contributed by atoms with Gasteiger partial charge in [-0.25, -0.2) is 4.39 Å². The molecule has 2 aromatic carbocycles. The molecule has 0 aromatic heterocycles. The van der Waals surface area contributed by atoms with E-state index in [9.17, 15) is 9.18 Å². The number of ether oxygens (including phenoxy) is 1. The zero-order valence-corrected chi connectivity index (χ0v) is 11.4. The van der Waals surface area contributed by atoms with Crippen molar-refractivity contribution in [3.63, 3.8) is 0 Å². The molecule has 0 aliphatic rings. The molecule has 0 saturated heterocycles. The first-order chi connectivity index (χ1) is 10.1. The first kappa shape index (κ1) is 14.5. The fourth-order valence-corrected chi connectivity index (χ4v) is 1.78. The second kappa shape index (κ2) is 6.53. The monoisotopic (exact) mass is 284 g/mol. The van der Waals surface area contributed by atoms with Gasteiger partial charge in [0.25, 0.3) is 5.91 Å².